The number of amides is 1. The van der Waals surface area contributed by atoms with Crippen molar-refractivity contribution in [2.45, 2.75) is 0 Å². The minimum absolute atomic E-state index is 0.163. The Bertz CT molecular complexity index is 590. The average Bonchev–Trinajstić information content (AvgIpc) is 2.36. The van der Waals surface area contributed by atoms with E-state index in [0.717, 1.165) is 12.1 Å². The molecule has 0 atom stereocenters. The van der Waals surface area contributed by atoms with Crippen LogP contribution in [0.3, 0.4) is 0 Å². The molecule has 6 nitrogen and oxygen atoms in total. The fourth-order valence-corrected chi connectivity index (χ4v) is 1.25. The van der Waals surface area contributed by atoms with Gasteiger partial charge in [-0.25, -0.2) is 13.8 Å². The molecular formula is C10H7F2N5O. The van der Waals surface area contributed by atoms with Crippen molar-refractivity contribution in [1.29, 1.82) is 0 Å². The Morgan fingerprint density at radius 1 is 1.28 bits per heavy atom. The molecule has 1 aromatic carbocycles. The summed E-state index contributed by atoms with van der Waals surface area (Å²) in [5.74, 6) is -3.35. The fraction of sp³-hybridized carbons (Fsp3) is 0. The second-order valence-corrected chi connectivity index (χ2v) is 3.25. The number of carbonyl (C=O) groups is 1. The molecule has 92 valence electrons. The van der Waals surface area contributed by atoms with Crippen molar-refractivity contribution in [3.05, 3.63) is 41.7 Å². The Balaban J connectivity index is 2.33. The number of nitrogen functional groups attached to an aromatic ring is 1. The first-order chi connectivity index (χ1) is 8.59. The Morgan fingerprint density at radius 2 is 2.06 bits per heavy atom. The van der Waals surface area contributed by atoms with Crippen LogP contribution >= 0.6 is 0 Å². The number of carbonyl (C=O) groups excluding carboxylic acids is 1. The Kier molecular flexibility index (Phi) is 3.09. The molecule has 2 rings (SSSR count). The van der Waals surface area contributed by atoms with Gasteiger partial charge in [-0.15, -0.1) is 5.10 Å². The lowest BCUT2D eigenvalue weighted by Crippen LogP contribution is -2.18. The highest BCUT2D eigenvalue weighted by molar-refractivity contribution is 6.04. The predicted molar refractivity (Wildman–Crippen MR) is 58.6 cm³/mol. The van der Waals surface area contributed by atoms with E-state index < -0.39 is 23.1 Å². The van der Waals surface area contributed by atoms with Crippen molar-refractivity contribution >= 4 is 17.5 Å². The minimum Gasteiger partial charge on any atom is -0.396 e. The summed E-state index contributed by atoms with van der Waals surface area (Å²) >= 11 is 0. The van der Waals surface area contributed by atoms with Gasteiger partial charge in [-0.1, -0.05) is 0 Å². The SMILES string of the molecule is Nc1ccc(F)c(C(=O)Nc2nccnn2)c1F. The maximum atomic E-state index is 13.5. The lowest BCUT2D eigenvalue weighted by atomic mass is 10.1. The van der Waals surface area contributed by atoms with Crippen molar-refractivity contribution in [2.24, 2.45) is 0 Å². The molecule has 18 heavy (non-hydrogen) atoms. The number of hydrogen-bond acceptors (Lipinski definition) is 5. The molecule has 0 bridgehead atoms. The third-order valence-electron chi connectivity index (χ3n) is 2.06. The summed E-state index contributed by atoms with van der Waals surface area (Å²) in [4.78, 5) is 15.3. The Morgan fingerprint density at radius 3 is 2.72 bits per heavy atom. The van der Waals surface area contributed by atoms with Gasteiger partial charge in [-0.05, 0) is 12.1 Å². The van der Waals surface area contributed by atoms with Gasteiger partial charge in [-0.2, -0.15) is 5.10 Å². The molecule has 3 N–H and O–H groups in total. The first-order valence-electron chi connectivity index (χ1n) is 4.78. The molecule has 0 unspecified atom stereocenters. The van der Waals surface area contributed by atoms with E-state index in [-0.39, 0.29) is 11.6 Å². The lowest BCUT2D eigenvalue weighted by Gasteiger charge is -2.06. The maximum absolute atomic E-state index is 13.5. The van der Waals surface area contributed by atoms with Crippen molar-refractivity contribution in [3.8, 4) is 0 Å². The summed E-state index contributed by atoms with van der Waals surface area (Å²) in [6, 6.07) is 1.93. The smallest absolute Gasteiger partial charge is 0.264 e. The molecule has 0 saturated carbocycles. The maximum Gasteiger partial charge on any atom is 0.264 e. The topological polar surface area (TPSA) is 93.8 Å². The quantitative estimate of drug-likeness (QED) is 0.776. The second kappa shape index (κ2) is 4.70. The van der Waals surface area contributed by atoms with E-state index in [4.69, 9.17) is 5.73 Å². The van der Waals surface area contributed by atoms with Crippen LogP contribution in [0.2, 0.25) is 0 Å². The number of nitrogens with two attached hydrogens (primary N) is 1. The Labute approximate surface area is 99.9 Å². The number of nitrogens with one attached hydrogen (secondary N) is 1. The second-order valence-electron chi connectivity index (χ2n) is 3.25. The number of nitrogens with zero attached hydrogens (tertiary/aromatic N) is 3. The number of rotatable bonds is 2. The van der Waals surface area contributed by atoms with Crippen LogP contribution in [0.4, 0.5) is 20.4 Å². The van der Waals surface area contributed by atoms with E-state index in [0.29, 0.717) is 0 Å². The van der Waals surface area contributed by atoms with E-state index in [2.05, 4.69) is 20.5 Å². The summed E-state index contributed by atoms with van der Waals surface area (Å²) in [6.45, 7) is 0. The van der Waals surface area contributed by atoms with Gasteiger partial charge >= 0.3 is 0 Å². The molecule has 0 aliphatic heterocycles. The highest BCUT2D eigenvalue weighted by Crippen LogP contribution is 2.19. The molecule has 8 heteroatoms. The zero-order chi connectivity index (χ0) is 13.1. The van der Waals surface area contributed by atoms with Crippen LogP contribution in [0.15, 0.2) is 24.5 Å². The largest absolute Gasteiger partial charge is 0.396 e. The zero-order valence-electron chi connectivity index (χ0n) is 8.89. The highest BCUT2D eigenvalue weighted by Gasteiger charge is 2.20. The summed E-state index contributed by atoms with van der Waals surface area (Å²) in [7, 11) is 0. The molecule has 2 aromatic rings. The van der Waals surface area contributed by atoms with Gasteiger partial charge in [0.1, 0.15) is 11.4 Å². The number of benzene rings is 1. The highest BCUT2D eigenvalue weighted by atomic mass is 19.1. The molecule has 1 amide bonds. The van der Waals surface area contributed by atoms with Gasteiger partial charge in [0.2, 0.25) is 5.95 Å². The van der Waals surface area contributed by atoms with Crippen molar-refractivity contribution in [1.82, 2.24) is 15.2 Å². The van der Waals surface area contributed by atoms with Crippen LogP contribution in [0.5, 0.6) is 0 Å². The minimum atomic E-state index is -1.13. The lowest BCUT2D eigenvalue weighted by molar-refractivity contribution is 0.101. The molecule has 0 spiro atoms. The van der Waals surface area contributed by atoms with Crippen molar-refractivity contribution in [2.75, 3.05) is 11.1 Å². The first kappa shape index (κ1) is 11.8. The fourth-order valence-electron chi connectivity index (χ4n) is 1.25. The molecule has 1 heterocycles. The molecule has 0 saturated heterocycles. The average molecular weight is 251 g/mol. The number of halogens is 2. The van der Waals surface area contributed by atoms with Crippen LogP contribution in [0.1, 0.15) is 10.4 Å². The van der Waals surface area contributed by atoms with Gasteiger partial charge in [0.25, 0.3) is 5.91 Å². The van der Waals surface area contributed by atoms with Gasteiger partial charge in [0.15, 0.2) is 5.82 Å². The Hall–Kier alpha value is -2.64. The molecule has 0 fully saturated rings. The van der Waals surface area contributed by atoms with E-state index in [1.54, 1.807) is 0 Å². The third kappa shape index (κ3) is 2.21. The first-order valence-corrected chi connectivity index (χ1v) is 4.78. The molecule has 0 aliphatic rings. The van der Waals surface area contributed by atoms with Gasteiger partial charge in [0, 0.05) is 0 Å². The number of hydrogen-bond donors (Lipinski definition) is 2. The van der Waals surface area contributed by atoms with Crippen LogP contribution in [-0.4, -0.2) is 21.1 Å². The normalized spacial score (nSPS) is 10.1. The van der Waals surface area contributed by atoms with Crippen molar-refractivity contribution < 1.29 is 13.6 Å². The summed E-state index contributed by atoms with van der Waals surface area (Å²) in [6.07, 6.45) is 2.56. The zero-order valence-corrected chi connectivity index (χ0v) is 8.89. The summed E-state index contributed by atoms with van der Waals surface area (Å²) < 4.78 is 26.9. The summed E-state index contributed by atoms with van der Waals surface area (Å²) in [5.41, 5.74) is 4.14. The number of aromatic nitrogens is 3. The monoisotopic (exact) mass is 251 g/mol. The predicted octanol–water partition coefficient (Wildman–Crippen LogP) is 0.984. The van der Waals surface area contributed by atoms with Gasteiger partial charge in [0.05, 0.1) is 18.1 Å². The summed E-state index contributed by atoms with van der Waals surface area (Å²) in [5, 5.41) is 9.02. The number of anilines is 2. The molecule has 0 aliphatic carbocycles. The standard InChI is InChI=1S/C10H7F2N5O/c11-5-1-2-6(13)8(12)7(5)9(18)16-10-14-3-4-15-17-10/h1-4H,13H2,(H,14,16,17,18). The third-order valence-corrected chi connectivity index (χ3v) is 2.06. The molecule has 0 radical (unpaired) electrons. The molecule has 1 aromatic heterocycles. The molecular weight excluding hydrogens is 244 g/mol. The van der Waals surface area contributed by atoms with Crippen LogP contribution < -0.4 is 11.1 Å². The van der Waals surface area contributed by atoms with E-state index in [1.807, 2.05) is 0 Å². The van der Waals surface area contributed by atoms with Gasteiger partial charge < -0.3 is 5.73 Å². The van der Waals surface area contributed by atoms with Gasteiger partial charge in [-0.3, -0.25) is 10.1 Å². The van der Waals surface area contributed by atoms with Crippen LogP contribution in [-0.2, 0) is 0 Å². The van der Waals surface area contributed by atoms with E-state index in [9.17, 15) is 13.6 Å². The van der Waals surface area contributed by atoms with E-state index in [1.165, 1.54) is 12.4 Å². The van der Waals surface area contributed by atoms with E-state index >= 15 is 0 Å². The van der Waals surface area contributed by atoms with Crippen LogP contribution in [0, 0.1) is 11.6 Å². The van der Waals surface area contributed by atoms with Crippen LogP contribution in [0.25, 0.3) is 0 Å². The van der Waals surface area contributed by atoms with Crippen molar-refractivity contribution in [3.63, 3.8) is 0 Å².